The van der Waals surface area contributed by atoms with Gasteiger partial charge in [0, 0.05) is 13.6 Å². The molecular formula is C19H27FN2O3. The van der Waals surface area contributed by atoms with Crippen LogP contribution in [-0.4, -0.2) is 53.0 Å². The van der Waals surface area contributed by atoms with Crippen LogP contribution in [0.15, 0.2) is 24.3 Å². The first-order chi connectivity index (χ1) is 11.8. The Labute approximate surface area is 148 Å². The zero-order valence-corrected chi connectivity index (χ0v) is 15.1. The number of amides is 2. The lowest BCUT2D eigenvalue weighted by Crippen LogP contribution is -2.46. The molecule has 0 bridgehead atoms. The maximum Gasteiger partial charge on any atom is 0.251 e. The fourth-order valence-electron chi connectivity index (χ4n) is 3.39. The maximum atomic E-state index is 13.2. The SMILES string of the molecule is CC(C)C(c1ccc(F)cc1)N(C)C(=O)CN1CCCCC(O)C1=O. The number of hydrogen-bond acceptors (Lipinski definition) is 3. The maximum absolute atomic E-state index is 13.2. The van der Waals surface area contributed by atoms with Gasteiger partial charge in [-0.25, -0.2) is 4.39 Å². The highest BCUT2D eigenvalue weighted by molar-refractivity contribution is 5.87. The van der Waals surface area contributed by atoms with E-state index < -0.39 is 6.10 Å². The molecule has 2 amide bonds. The third kappa shape index (κ3) is 4.78. The first-order valence-corrected chi connectivity index (χ1v) is 8.79. The number of likely N-dealkylation sites (tertiary alicyclic amines) is 1. The Bertz CT molecular complexity index is 603. The summed E-state index contributed by atoms with van der Waals surface area (Å²) in [5.74, 6) is -0.748. The summed E-state index contributed by atoms with van der Waals surface area (Å²) in [5, 5.41) is 9.83. The zero-order valence-electron chi connectivity index (χ0n) is 15.1. The number of likely N-dealkylation sites (N-methyl/N-ethyl adjacent to an activating group) is 1. The van der Waals surface area contributed by atoms with E-state index in [0.717, 1.165) is 18.4 Å². The highest BCUT2D eigenvalue weighted by atomic mass is 19.1. The van der Waals surface area contributed by atoms with Gasteiger partial charge in [0.2, 0.25) is 5.91 Å². The van der Waals surface area contributed by atoms with Gasteiger partial charge in [-0.3, -0.25) is 9.59 Å². The van der Waals surface area contributed by atoms with Gasteiger partial charge in [0.25, 0.3) is 5.91 Å². The van der Waals surface area contributed by atoms with E-state index in [0.29, 0.717) is 13.0 Å². The molecule has 0 aromatic heterocycles. The highest BCUT2D eigenvalue weighted by Gasteiger charge is 2.30. The fourth-order valence-corrected chi connectivity index (χ4v) is 3.39. The van der Waals surface area contributed by atoms with Crippen LogP contribution in [0.3, 0.4) is 0 Å². The molecule has 2 rings (SSSR count). The van der Waals surface area contributed by atoms with Crippen molar-refractivity contribution in [2.75, 3.05) is 20.1 Å². The molecule has 5 nitrogen and oxygen atoms in total. The molecule has 1 aromatic rings. The van der Waals surface area contributed by atoms with E-state index in [1.807, 2.05) is 13.8 Å². The summed E-state index contributed by atoms with van der Waals surface area (Å²) in [6.07, 6.45) is 0.991. The number of nitrogens with zero attached hydrogens (tertiary/aromatic N) is 2. The lowest BCUT2D eigenvalue weighted by molar-refractivity contribution is -0.146. The molecule has 2 unspecified atom stereocenters. The van der Waals surface area contributed by atoms with Crippen molar-refractivity contribution in [1.82, 2.24) is 9.80 Å². The van der Waals surface area contributed by atoms with Crippen molar-refractivity contribution in [2.45, 2.75) is 45.3 Å². The topological polar surface area (TPSA) is 60.9 Å². The molecule has 1 heterocycles. The van der Waals surface area contributed by atoms with Gasteiger partial charge in [-0.1, -0.05) is 26.0 Å². The molecule has 1 aliphatic rings. The Hall–Kier alpha value is -1.95. The Balaban J connectivity index is 2.12. The molecular weight excluding hydrogens is 323 g/mol. The summed E-state index contributed by atoms with van der Waals surface area (Å²) in [4.78, 5) is 28.0. The normalized spacial score (nSPS) is 19.7. The Morgan fingerprint density at radius 1 is 1.32 bits per heavy atom. The number of halogens is 1. The van der Waals surface area contributed by atoms with Crippen molar-refractivity contribution in [3.63, 3.8) is 0 Å². The molecule has 138 valence electrons. The van der Waals surface area contributed by atoms with Crippen molar-refractivity contribution in [3.8, 4) is 0 Å². The number of rotatable bonds is 5. The minimum atomic E-state index is -1.02. The summed E-state index contributed by atoms with van der Waals surface area (Å²) >= 11 is 0. The molecule has 1 fully saturated rings. The number of carbonyl (C=O) groups excluding carboxylic acids is 2. The first kappa shape index (κ1) is 19.4. The monoisotopic (exact) mass is 350 g/mol. The van der Waals surface area contributed by atoms with E-state index in [1.54, 1.807) is 24.1 Å². The van der Waals surface area contributed by atoms with Gasteiger partial charge in [0.15, 0.2) is 0 Å². The largest absolute Gasteiger partial charge is 0.383 e. The minimum absolute atomic E-state index is 0.0448. The fraction of sp³-hybridized carbons (Fsp3) is 0.579. The summed E-state index contributed by atoms with van der Waals surface area (Å²) < 4.78 is 13.2. The summed E-state index contributed by atoms with van der Waals surface area (Å²) in [6, 6.07) is 5.94. The number of aliphatic hydroxyl groups excluding tert-OH is 1. The van der Waals surface area contributed by atoms with Crippen LogP contribution in [0, 0.1) is 11.7 Å². The first-order valence-electron chi connectivity index (χ1n) is 8.79. The van der Waals surface area contributed by atoms with Gasteiger partial charge >= 0.3 is 0 Å². The van der Waals surface area contributed by atoms with E-state index in [1.165, 1.54) is 17.0 Å². The van der Waals surface area contributed by atoms with Crippen molar-refractivity contribution in [1.29, 1.82) is 0 Å². The van der Waals surface area contributed by atoms with E-state index in [4.69, 9.17) is 0 Å². The van der Waals surface area contributed by atoms with E-state index in [9.17, 15) is 19.1 Å². The summed E-state index contributed by atoms with van der Waals surface area (Å²) in [7, 11) is 1.70. The van der Waals surface area contributed by atoms with Gasteiger partial charge < -0.3 is 14.9 Å². The van der Waals surface area contributed by atoms with Crippen LogP contribution in [0.2, 0.25) is 0 Å². The van der Waals surface area contributed by atoms with E-state index in [2.05, 4.69) is 0 Å². The van der Waals surface area contributed by atoms with Crippen LogP contribution < -0.4 is 0 Å². The van der Waals surface area contributed by atoms with Gasteiger partial charge in [-0.2, -0.15) is 0 Å². The molecule has 6 heteroatoms. The van der Waals surface area contributed by atoms with Crippen LogP contribution in [-0.2, 0) is 9.59 Å². The predicted molar refractivity (Wildman–Crippen MR) is 93.2 cm³/mol. The van der Waals surface area contributed by atoms with Crippen LogP contribution in [0.25, 0.3) is 0 Å². The average molecular weight is 350 g/mol. The van der Waals surface area contributed by atoms with Crippen LogP contribution in [0.5, 0.6) is 0 Å². The summed E-state index contributed by atoms with van der Waals surface area (Å²) in [6.45, 7) is 4.44. The number of benzene rings is 1. The van der Waals surface area contributed by atoms with E-state index >= 15 is 0 Å². The van der Waals surface area contributed by atoms with E-state index in [-0.39, 0.29) is 36.1 Å². The average Bonchev–Trinajstić information content (AvgIpc) is 2.72. The molecule has 1 aliphatic heterocycles. The molecule has 2 atom stereocenters. The third-order valence-electron chi connectivity index (χ3n) is 4.73. The predicted octanol–water partition coefficient (Wildman–Crippen LogP) is 2.35. The second-order valence-electron chi connectivity index (χ2n) is 7.02. The molecule has 0 radical (unpaired) electrons. The Kier molecular flexibility index (Phi) is 6.53. The molecule has 0 saturated carbocycles. The Morgan fingerprint density at radius 2 is 1.96 bits per heavy atom. The van der Waals surface area contributed by atoms with Crippen molar-refractivity contribution in [3.05, 3.63) is 35.6 Å². The quantitative estimate of drug-likeness (QED) is 0.887. The minimum Gasteiger partial charge on any atom is -0.383 e. The van der Waals surface area contributed by atoms with Gasteiger partial charge in [-0.05, 0) is 42.9 Å². The number of carbonyl (C=O) groups is 2. The van der Waals surface area contributed by atoms with Crippen molar-refractivity contribution < 1.29 is 19.1 Å². The van der Waals surface area contributed by atoms with Crippen LogP contribution >= 0.6 is 0 Å². The van der Waals surface area contributed by atoms with Crippen molar-refractivity contribution >= 4 is 11.8 Å². The lowest BCUT2D eigenvalue weighted by atomic mass is 9.94. The Morgan fingerprint density at radius 3 is 2.56 bits per heavy atom. The second-order valence-corrected chi connectivity index (χ2v) is 7.02. The van der Waals surface area contributed by atoms with Crippen LogP contribution in [0.1, 0.15) is 44.7 Å². The molecule has 0 aliphatic carbocycles. The molecule has 25 heavy (non-hydrogen) atoms. The smallest absolute Gasteiger partial charge is 0.251 e. The molecule has 1 N–H and O–H groups in total. The third-order valence-corrected chi connectivity index (χ3v) is 4.73. The lowest BCUT2D eigenvalue weighted by Gasteiger charge is -2.33. The highest BCUT2D eigenvalue weighted by Crippen LogP contribution is 2.28. The van der Waals surface area contributed by atoms with Crippen molar-refractivity contribution in [2.24, 2.45) is 5.92 Å². The standard InChI is InChI=1S/C19H27FN2O3/c1-13(2)18(14-7-9-15(20)10-8-14)21(3)17(24)12-22-11-5-4-6-16(23)19(22)25/h7-10,13,16,18,23H,4-6,11-12H2,1-3H3. The summed E-state index contributed by atoms with van der Waals surface area (Å²) in [5.41, 5.74) is 0.856. The van der Waals surface area contributed by atoms with Gasteiger partial charge in [0.05, 0.1) is 12.6 Å². The van der Waals surface area contributed by atoms with Crippen LogP contribution in [0.4, 0.5) is 4.39 Å². The second kappa shape index (κ2) is 8.43. The number of aliphatic hydroxyl groups is 1. The molecule has 1 aromatic carbocycles. The number of hydrogen-bond donors (Lipinski definition) is 1. The van der Waals surface area contributed by atoms with Gasteiger partial charge in [0.1, 0.15) is 11.9 Å². The van der Waals surface area contributed by atoms with Gasteiger partial charge in [-0.15, -0.1) is 0 Å². The molecule has 0 spiro atoms. The zero-order chi connectivity index (χ0) is 18.6. The molecule has 1 saturated heterocycles.